The van der Waals surface area contributed by atoms with Gasteiger partial charge in [-0.25, -0.2) is 13.1 Å². The Morgan fingerprint density at radius 3 is 2.64 bits per heavy atom. The van der Waals surface area contributed by atoms with Crippen LogP contribution in [0.4, 0.5) is 0 Å². The number of benzene rings is 1. The van der Waals surface area contributed by atoms with Crippen LogP contribution in [-0.4, -0.2) is 65.7 Å². The molecule has 0 spiro atoms. The Kier molecular flexibility index (Phi) is 5.69. The van der Waals surface area contributed by atoms with Crippen LogP contribution in [0.1, 0.15) is 29.4 Å². The lowest BCUT2D eigenvalue weighted by molar-refractivity contribution is 0.0973. The van der Waals surface area contributed by atoms with Gasteiger partial charge in [0.15, 0.2) is 9.84 Å². The molecule has 9 heteroatoms. The first-order valence-corrected chi connectivity index (χ1v) is 11.9. The molecule has 0 aliphatic carbocycles. The van der Waals surface area contributed by atoms with Crippen LogP contribution in [0.25, 0.3) is 0 Å². The van der Waals surface area contributed by atoms with E-state index in [1.807, 2.05) is 0 Å². The second-order valence-electron chi connectivity index (χ2n) is 7.83. The molecule has 2 aliphatic heterocycles. The minimum Gasteiger partial charge on any atom is -0.414 e. The van der Waals surface area contributed by atoms with Crippen molar-refractivity contribution in [1.29, 1.82) is 0 Å². The minimum absolute atomic E-state index is 0.111. The Hall–Kier alpha value is -1.55. The largest absolute Gasteiger partial charge is 0.414 e. The molecule has 0 amide bonds. The van der Waals surface area contributed by atoms with E-state index >= 15 is 0 Å². The molecule has 28 heavy (non-hydrogen) atoms. The number of nitrogens with zero attached hydrogens (tertiary/aromatic N) is 4. The van der Waals surface area contributed by atoms with Crippen LogP contribution < -0.4 is 0 Å². The van der Waals surface area contributed by atoms with Gasteiger partial charge >= 0.3 is 0 Å². The maximum Gasteiger partial charge on any atom is 0.288 e. The van der Waals surface area contributed by atoms with Crippen LogP contribution in [0.3, 0.4) is 0 Å². The van der Waals surface area contributed by atoms with Gasteiger partial charge in [-0.15, -0.1) is 5.10 Å². The third-order valence-corrected chi connectivity index (χ3v) is 7.55. The van der Waals surface area contributed by atoms with Crippen molar-refractivity contribution in [1.82, 2.24) is 19.6 Å². The molecule has 4 rings (SSSR count). The topological polar surface area (TPSA) is 71.6 Å². The Morgan fingerprint density at radius 1 is 1.21 bits per heavy atom. The molecule has 0 unspecified atom stereocenters. The van der Waals surface area contributed by atoms with Gasteiger partial charge in [-0.3, -0.25) is 9.80 Å². The predicted molar refractivity (Wildman–Crippen MR) is 109 cm³/mol. The van der Waals surface area contributed by atoms with Crippen LogP contribution in [0, 0.1) is 11.8 Å². The normalized spacial score (nSPS) is 23.2. The zero-order valence-corrected chi connectivity index (χ0v) is 17.7. The van der Waals surface area contributed by atoms with Gasteiger partial charge in [0.25, 0.3) is 4.84 Å². The van der Waals surface area contributed by atoms with Crippen molar-refractivity contribution in [3.63, 3.8) is 0 Å². The first kappa shape index (κ1) is 19.8. The first-order valence-electron chi connectivity index (χ1n) is 9.66. The SMILES string of the molecule is Cc1cccc(CN2CCN(Cn3nc([C@@H]4CCS(=O)(=O)C4)oc3=S)CC2)c1. The summed E-state index contributed by atoms with van der Waals surface area (Å²) in [7, 11) is -2.97. The number of piperazine rings is 1. The van der Waals surface area contributed by atoms with Gasteiger partial charge in [-0.1, -0.05) is 29.8 Å². The Labute approximate surface area is 170 Å². The van der Waals surface area contributed by atoms with E-state index in [9.17, 15) is 8.42 Å². The quantitative estimate of drug-likeness (QED) is 0.684. The highest BCUT2D eigenvalue weighted by Gasteiger charge is 2.33. The zero-order chi connectivity index (χ0) is 19.7. The van der Waals surface area contributed by atoms with Crippen molar-refractivity contribution >= 4 is 22.1 Å². The molecule has 2 fully saturated rings. The second kappa shape index (κ2) is 8.06. The third kappa shape index (κ3) is 4.71. The fourth-order valence-corrected chi connectivity index (χ4v) is 5.83. The molecular formula is C19H26N4O3S2. The zero-order valence-electron chi connectivity index (χ0n) is 16.1. The van der Waals surface area contributed by atoms with Crippen LogP contribution in [0.2, 0.25) is 0 Å². The van der Waals surface area contributed by atoms with E-state index in [1.165, 1.54) is 11.1 Å². The Balaban J connectivity index is 1.32. The molecule has 0 N–H and O–H groups in total. The van der Waals surface area contributed by atoms with Gasteiger partial charge < -0.3 is 4.42 Å². The maximum atomic E-state index is 11.7. The monoisotopic (exact) mass is 422 g/mol. The van der Waals surface area contributed by atoms with Crippen LogP contribution in [-0.2, 0) is 23.1 Å². The van der Waals surface area contributed by atoms with E-state index in [2.05, 4.69) is 46.1 Å². The lowest BCUT2D eigenvalue weighted by Crippen LogP contribution is -2.46. The van der Waals surface area contributed by atoms with Gasteiger partial charge in [0, 0.05) is 32.7 Å². The second-order valence-corrected chi connectivity index (χ2v) is 10.4. The van der Waals surface area contributed by atoms with E-state index < -0.39 is 9.84 Å². The molecule has 152 valence electrons. The van der Waals surface area contributed by atoms with E-state index in [0.717, 1.165) is 32.7 Å². The van der Waals surface area contributed by atoms with Gasteiger partial charge in [0.2, 0.25) is 5.89 Å². The maximum absolute atomic E-state index is 11.7. The highest BCUT2D eigenvalue weighted by Crippen LogP contribution is 2.27. The molecule has 2 aliphatic rings. The number of hydrogen-bond acceptors (Lipinski definition) is 7. The summed E-state index contributed by atoms with van der Waals surface area (Å²) < 4.78 is 30.7. The Morgan fingerprint density at radius 2 is 1.96 bits per heavy atom. The highest BCUT2D eigenvalue weighted by molar-refractivity contribution is 7.91. The van der Waals surface area contributed by atoms with Gasteiger partial charge in [0.1, 0.15) is 0 Å². The summed E-state index contributed by atoms with van der Waals surface area (Å²) in [5, 5.41) is 4.47. The number of aryl methyl sites for hydroxylation is 1. The summed E-state index contributed by atoms with van der Waals surface area (Å²) in [5.41, 5.74) is 2.64. The van der Waals surface area contributed by atoms with E-state index in [-0.39, 0.29) is 17.4 Å². The van der Waals surface area contributed by atoms with Crippen LogP contribution in [0.5, 0.6) is 0 Å². The molecule has 1 atom stereocenters. The summed E-state index contributed by atoms with van der Waals surface area (Å²) in [4.78, 5) is 5.09. The fraction of sp³-hybridized carbons (Fsp3) is 0.579. The molecule has 2 saturated heterocycles. The summed E-state index contributed by atoms with van der Waals surface area (Å²) in [6.07, 6.45) is 0.565. The van der Waals surface area contributed by atoms with Crippen LogP contribution >= 0.6 is 12.2 Å². The van der Waals surface area contributed by atoms with Gasteiger partial charge in [0.05, 0.1) is 24.1 Å². The number of hydrogen-bond donors (Lipinski definition) is 0. The molecule has 0 bridgehead atoms. The van der Waals surface area contributed by atoms with Gasteiger partial charge in [-0.05, 0) is 31.1 Å². The van der Waals surface area contributed by atoms with Gasteiger partial charge in [-0.2, -0.15) is 0 Å². The van der Waals surface area contributed by atoms with Crippen molar-refractivity contribution in [3.05, 3.63) is 46.1 Å². The molecule has 0 saturated carbocycles. The minimum atomic E-state index is -2.97. The average molecular weight is 423 g/mol. The number of sulfone groups is 1. The van der Waals surface area contributed by atoms with Crippen molar-refractivity contribution in [2.45, 2.75) is 32.5 Å². The smallest absolute Gasteiger partial charge is 0.288 e. The molecule has 3 heterocycles. The van der Waals surface area contributed by atoms with Crippen LogP contribution in [0.15, 0.2) is 28.7 Å². The fourth-order valence-electron chi connectivity index (χ4n) is 3.91. The van der Waals surface area contributed by atoms with Crippen molar-refractivity contribution < 1.29 is 12.8 Å². The van der Waals surface area contributed by atoms with E-state index in [4.69, 9.17) is 16.6 Å². The summed E-state index contributed by atoms with van der Waals surface area (Å²) in [6.45, 7) is 7.54. The molecule has 1 aromatic heterocycles. The molecular weight excluding hydrogens is 396 g/mol. The number of rotatable bonds is 5. The van der Waals surface area contributed by atoms with E-state index in [1.54, 1.807) is 4.68 Å². The molecule has 0 radical (unpaired) electrons. The highest BCUT2D eigenvalue weighted by atomic mass is 32.2. The summed E-state index contributed by atoms with van der Waals surface area (Å²) in [5.74, 6) is 0.610. The lowest BCUT2D eigenvalue weighted by Gasteiger charge is -2.34. The Bertz CT molecular complexity index is 991. The lowest BCUT2D eigenvalue weighted by atomic mass is 10.1. The summed E-state index contributed by atoms with van der Waals surface area (Å²) in [6, 6.07) is 8.66. The average Bonchev–Trinajstić information content (AvgIpc) is 3.19. The summed E-state index contributed by atoms with van der Waals surface area (Å²) >= 11 is 5.30. The number of aromatic nitrogens is 2. The predicted octanol–water partition coefficient (Wildman–Crippen LogP) is 2.19. The standard InChI is InChI=1S/C19H26N4O3S2/c1-15-3-2-4-16(11-15)12-21-6-8-22(9-7-21)14-23-19(27)26-18(20-23)17-5-10-28(24,25)13-17/h2-4,11,17H,5-10,12-14H2,1H3/t17-/m1/s1. The first-order chi connectivity index (χ1) is 13.4. The molecule has 2 aromatic rings. The molecule has 1 aromatic carbocycles. The molecule has 7 nitrogen and oxygen atoms in total. The third-order valence-electron chi connectivity index (χ3n) is 5.49. The van der Waals surface area contributed by atoms with Crippen molar-refractivity contribution in [3.8, 4) is 0 Å². The van der Waals surface area contributed by atoms with Crippen molar-refractivity contribution in [2.24, 2.45) is 0 Å². The van der Waals surface area contributed by atoms with Crippen molar-refractivity contribution in [2.75, 3.05) is 37.7 Å². The van der Waals surface area contributed by atoms with E-state index in [0.29, 0.717) is 23.8 Å².